The van der Waals surface area contributed by atoms with Crippen molar-refractivity contribution < 1.29 is 4.79 Å². The number of rotatable bonds is 7. The van der Waals surface area contributed by atoms with E-state index in [9.17, 15) is 4.79 Å². The molecule has 5 nitrogen and oxygen atoms in total. The number of nitrogens with one attached hydrogen (secondary N) is 2. The van der Waals surface area contributed by atoms with Crippen molar-refractivity contribution in [1.29, 1.82) is 0 Å². The Bertz CT molecular complexity index is 358. The van der Waals surface area contributed by atoms with E-state index in [4.69, 9.17) is 0 Å². The predicted molar refractivity (Wildman–Crippen MR) is 74.7 cm³/mol. The van der Waals surface area contributed by atoms with E-state index >= 15 is 0 Å². The molecule has 1 fully saturated rings. The molecule has 1 aliphatic rings. The maximum atomic E-state index is 11.7. The fraction of sp³-hybridized carbons (Fsp3) is 0.714. The smallest absolute Gasteiger partial charge is 0.220 e. The zero-order valence-electron chi connectivity index (χ0n) is 11.5. The number of aryl methyl sites for hydroxylation is 1. The summed E-state index contributed by atoms with van der Waals surface area (Å²) in [5.41, 5.74) is 0. The maximum Gasteiger partial charge on any atom is 0.220 e. The predicted octanol–water partition coefficient (Wildman–Crippen LogP) is 1.17. The molecular formula is C14H24N4O. The topological polar surface area (TPSA) is 59.0 Å². The van der Waals surface area contributed by atoms with Crippen LogP contribution in [0.2, 0.25) is 0 Å². The molecule has 2 rings (SSSR count). The minimum absolute atomic E-state index is 0.191. The molecule has 0 spiro atoms. The summed E-state index contributed by atoms with van der Waals surface area (Å²) in [7, 11) is 0. The molecule has 19 heavy (non-hydrogen) atoms. The molecule has 1 aromatic rings. The fourth-order valence-electron chi connectivity index (χ4n) is 2.50. The first-order chi connectivity index (χ1) is 9.34. The van der Waals surface area contributed by atoms with E-state index in [1.165, 1.54) is 12.8 Å². The van der Waals surface area contributed by atoms with Crippen molar-refractivity contribution in [3.63, 3.8) is 0 Å². The van der Waals surface area contributed by atoms with Crippen LogP contribution in [-0.4, -0.2) is 35.1 Å². The van der Waals surface area contributed by atoms with E-state index in [1.807, 2.05) is 10.8 Å². The number of carbonyl (C=O) groups excluding carboxylic acids is 1. The van der Waals surface area contributed by atoms with Gasteiger partial charge >= 0.3 is 0 Å². The average molecular weight is 264 g/mol. The van der Waals surface area contributed by atoms with E-state index < -0.39 is 0 Å². The summed E-state index contributed by atoms with van der Waals surface area (Å²) in [5.74, 6) is 0.877. The third kappa shape index (κ3) is 5.42. The third-order valence-electron chi connectivity index (χ3n) is 3.65. The first kappa shape index (κ1) is 14.1. The highest BCUT2D eigenvalue weighted by atomic mass is 16.1. The van der Waals surface area contributed by atoms with Crippen molar-refractivity contribution in [1.82, 2.24) is 20.2 Å². The van der Waals surface area contributed by atoms with E-state index in [-0.39, 0.29) is 5.91 Å². The fourth-order valence-corrected chi connectivity index (χ4v) is 2.50. The molecule has 0 aromatic carbocycles. The van der Waals surface area contributed by atoms with Crippen molar-refractivity contribution in [2.45, 2.75) is 38.6 Å². The molecule has 1 aliphatic heterocycles. The number of aromatic nitrogens is 2. The van der Waals surface area contributed by atoms with Gasteiger partial charge in [-0.1, -0.05) is 0 Å². The van der Waals surface area contributed by atoms with Crippen molar-refractivity contribution in [3.05, 3.63) is 18.7 Å². The lowest BCUT2D eigenvalue weighted by molar-refractivity contribution is -0.121. The SMILES string of the molecule is O=C(CCC1CCCNC1)NCCCn1ccnc1. The van der Waals surface area contributed by atoms with Crippen molar-refractivity contribution in [2.75, 3.05) is 19.6 Å². The Balaban J connectivity index is 1.49. The van der Waals surface area contributed by atoms with Crippen LogP contribution in [0.15, 0.2) is 18.7 Å². The molecule has 2 heterocycles. The van der Waals surface area contributed by atoms with Crippen molar-refractivity contribution in [3.8, 4) is 0 Å². The van der Waals surface area contributed by atoms with Crippen molar-refractivity contribution >= 4 is 5.91 Å². The lowest BCUT2D eigenvalue weighted by atomic mass is 9.94. The monoisotopic (exact) mass is 264 g/mol. The summed E-state index contributed by atoms with van der Waals surface area (Å²) in [6.45, 7) is 3.87. The number of nitrogens with zero attached hydrogens (tertiary/aromatic N) is 2. The highest BCUT2D eigenvalue weighted by molar-refractivity contribution is 5.75. The van der Waals surface area contributed by atoms with Gasteiger partial charge in [0, 0.05) is 31.9 Å². The minimum Gasteiger partial charge on any atom is -0.356 e. The second kappa shape index (κ2) is 7.94. The van der Waals surface area contributed by atoms with Gasteiger partial charge in [0.15, 0.2) is 0 Å². The molecule has 1 saturated heterocycles. The number of amides is 1. The van der Waals surface area contributed by atoms with Crippen LogP contribution in [0.3, 0.4) is 0 Å². The summed E-state index contributed by atoms with van der Waals surface area (Å²) in [6.07, 6.45) is 10.7. The third-order valence-corrected chi connectivity index (χ3v) is 3.65. The normalized spacial score (nSPS) is 19.3. The first-order valence-electron chi connectivity index (χ1n) is 7.28. The second-order valence-corrected chi connectivity index (χ2v) is 5.26. The molecule has 0 radical (unpaired) electrons. The molecule has 106 valence electrons. The van der Waals surface area contributed by atoms with E-state index in [2.05, 4.69) is 15.6 Å². The van der Waals surface area contributed by atoms with Gasteiger partial charge in [-0.05, 0) is 44.7 Å². The Morgan fingerprint density at radius 1 is 1.53 bits per heavy atom. The molecule has 2 N–H and O–H groups in total. The Labute approximate surface area is 114 Å². The lowest BCUT2D eigenvalue weighted by Gasteiger charge is -2.22. The van der Waals surface area contributed by atoms with E-state index in [1.54, 1.807) is 12.5 Å². The maximum absolute atomic E-state index is 11.7. The van der Waals surface area contributed by atoms with E-state index in [0.717, 1.165) is 39.0 Å². The summed E-state index contributed by atoms with van der Waals surface area (Å²) in [6, 6.07) is 0. The van der Waals surface area contributed by atoms with Crippen LogP contribution < -0.4 is 10.6 Å². The van der Waals surface area contributed by atoms with E-state index in [0.29, 0.717) is 12.3 Å². The zero-order chi connectivity index (χ0) is 13.3. The van der Waals surface area contributed by atoms with Gasteiger partial charge in [-0.2, -0.15) is 0 Å². The quantitative estimate of drug-likeness (QED) is 0.727. The Morgan fingerprint density at radius 3 is 3.21 bits per heavy atom. The number of hydrogen-bond acceptors (Lipinski definition) is 3. The van der Waals surface area contributed by atoms with Gasteiger partial charge < -0.3 is 15.2 Å². The molecular weight excluding hydrogens is 240 g/mol. The molecule has 1 atom stereocenters. The van der Waals surface area contributed by atoms with Crippen molar-refractivity contribution in [2.24, 2.45) is 5.92 Å². The van der Waals surface area contributed by atoms with Crippen LogP contribution in [0.25, 0.3) is 0 Å². The zero-order valence-corrected chi connectivity index (χ0v) is 11.5. The van der Waals surface area contributed by atoms with Gasteiger partial charge in [-0.3, -0.25) is 4.79 Å². The van der Waals surface area contributed by atoms with Gasteiger partial charge in [0.1, 0.15) is 0 Å². The van der Waals surface area contributed by atoms with Crippen LogP contribution in [-0.2, 0) is 11.3 Å². The molecule has 1 aromatic heterocycles. The lowest BCUT2D eigenvalue weighted by Crippen LogP contribution is -2.31. The Hall–Kier alpha value is -1.36. The van der Waals surface area contributed by atoms with Crippen LogP contribution in [0.5, 0.6) is 0 Å². The molecule has 5 heteroatoms. The molecule has 1 unspecified atom stereocenters. The van der Waals surface area contributed by atoms with Gasteiger partial charge in [0.2, 0.25) is 5.91 Å². The molecule has 0 aliphatic carbocycles. The van der Waals surface area contributed by atoms with Gasteiger partial charge in [0.05, 0.1) is 6.33 Å². The highest BCUT2D eigenvalue weighted by Gasteiger charge is 2.14. The van der Waals surface area contributed by atoms with Crippen LogP contribution in [0, 0.1) is 5.92 Å². The summed E-state index contributed by atoms with van der Waals surface area (Å²) >= 11 is 0. The van der Waals surface area contributed by atoms with Crippen LogP contribution in [0.1, 0.15) is 32.1 Å². The highest BCUT2D eigenvalue weighted by Crippen LogP contribution is 2.15. The Kier molecular flexibility index (Phi) is 5.88. The van der Waals surface area contributed by atoms with Gasteiger partial charge in [-0.15, -0.1) is 0 Å². The average Bonchev–Trinajstić information content (AvgIpc) is 2.96. The number of piperidine rings is 1. The van der Waals surface area contributed by atoms with Gasteiger partial charge in [0.25, 0.3) is 0 Å². The summed E-state index contributed by atoms with van der Waals surface area (Å²) < 4.78 is 2.03. The summed E-state index contributed by atoms with van der Waals surface area (Å²) in [5, 5.41) is 6.38. The molecule has 1 amide bonds. The summed E-state index contributed by atoms with van der Waals surface area (Å²) in [4.78, 5) is 15.7. The minimum atomic E-state index is 0.191. The first-order valence-corrected chi connectivity index (χ1v) is 7.28. The molecule has 0 saturated carbocycles. The number of imidazole rings is 1. The standard InChI is InChI=1S/C14H24N4O/c19-14(5-4-13-3-1-6-15-11-13)17-7-2-9-18-10-8-16-12-18/h8,10,12-13,15H,1-7,9,11H2,(H,17,19). The second-order valence-electron chi connectivity index (χ2n) is 5.26. The largest absolute Gasteiger partial charge is 0.356 e. The van der Waals surface area contributed by atoms with Crippen LogP contribution >= 0.6 is 0 Å². The Morgan fingerprint density at radius 2 is 2.47 bits per heavy atom. The molecule has 0 bridgehead atoms. The number of carbonyl (C=O) groups is 1. The number of hydrogen-bond donors (Lipinski definition) is 2. The van der Waals surface area contributed by atoms with Crippen LogP contribution in [0.4, 0.5) is 0 Å². The van der Waals surface area contributed by atoms with Gasteiger partial charge in [-0.25, -0.2) is 4.98 Å².